The zero-order valence-electron chi connectivity index (χ0n) is 9.25. The summed E-state index contributed by atoms with van der Waals surface area (Å²) in [6.07, 6.45) is 5.00. The van der Waals surface area contributed by atoms with Crippen molar-refractivity contribution in [2.45, 2.75) is 33.1 Å². The van der Waals surface area contributed by atoms with E-state index in [1.165, 1.54) is 0 Å². The molecule has 0 aromatic heterocycles. The van der Waals surface area contributed by atoms with Gasteiger partial charge in [-0.15, -0.1) is 6.29 Å². The zero-order valence-corrected chi connectivity index (χ0v) is 9.25. The molecular formula is C13H16O2. The van der Waals surface area contributed by atoms with Crippen molar-refractivity contribution in [1.82, 2.24) is 0 Å². The number of aryl methyl sites for hydroxylation is 1. The predicted octanol–water partition coefficient (Wildman–Crippen LogP) is 2.98. The lowest BCUT2D eigenvalue weighted by Gasteiger charge is -1.97. The fourth-order valence-corrected chi connectivity index (χ4v) is 1.36. The molecule has 0 bridgehead atoms. The number of ketones is 1. The molecule has 0 saturated heterocycles. The number of hydrogen-bond acceptors (Lipinski definition) is 1. The van der Waals surface area contributed by atoms with Crippen molar-refractivity contribution < 1.29 is 9.22 Å². The van der Waals surface area contributed by atoms with Crippen molar-refractivity contribution in [2.24, 2.45) is 0 Å². The summed E-state index contributed by atoms with van der Waals surface area (Å²) in [6, 6.07) is 7.80. The van der Waals surface area contributed by atoms with Crippen molar-refractivity contribution in [3.8, 4) is 5.75 Å². The first-order valence-electron chi connectivity index (χ1n) is 5.25. The molecule has 0 amide bonds. The lowest BCUT2D eigenvalue weighted by atomic mass is 10.1. The Morgan fingerprint density at radius 2 is 2.13 bits per heavy atom. The van der Waals surface area contributed by atoms with Crippen LogP contribution in [0.25, 0.3) is 0 Å². The first-order chi connectivity index (χ1) is 7.27. The van der Waals surface area contributed by atoms with E-state index in [4.69, 9.17) is 4.42 Å². The molecule has 0 unspecified atom stereocenters. The van der Waals surface area contributed by atoms with Crippen molar-refractivity contribution in [3.63, 3.8) is 0 Å². The van der Waals surface area contributed by atoms with E-state index >= 15 is 0 Å². The summed E-state index contributed by atoms with van der Waals surface area (Å²) in [5, 5.41) is 0. The van der Waals surface area contributed by atoms with Crippen molar-refractivity contribution in [3.05, 3.63) is 29.8 Å². The maximum atomic E-state index is 10.3. The van der Waals surface area contributed by atoms with Gasteiger partial charge in [-0.3, -0.25) is 0 Å². The third-order valence-corrected chi connectivity index (χ3v) is 2.18. The minimum absolute atomic E-state index is 0.277. The summed E-state index contributed by atoms with van der Waals surface area (Å²) >= 11 is 0. The fourth-order valence-electron chi connectivity index (χ4n) is 1.36. The number of carbonyl (C=O) groups excluding carboxylic acids is 2. The molecule has 0 atom stereocenters. The number of para-hydroxylation sites is 1. The predicted molar refractivity (Wildman–Crippen MR) is 60.9 cm³/mol. The highest BCUT2D eigenvalue weighted by molar-refractivity contribution is 6.24. The number of unbranched alkanes of at least 4 members (excludes halogenated alkanes) is 1. The van der Waals surface area contributed by atoms with E-state index in [0.717, 1.165) is 30.6 Å². The van der Waals surface area contributed by atoms with E-state index in [1.54, 1.807) is 13.2 Å². The topological polar surface area (TPSA) is 28.4 Å². The van der Waals surface area contributed by atoms with E-state index in [-0.39, 0.29) is 5.78 Å². The average Bonchev–Trinajstić information content (AvgIpc) is 2.28. The van der Waals surface area contributed by atoms with Gasteiger partial charge in [0, 0.05) is 13.0 Å². The van der Waals surface area contributed by atoms with Crippen molar-refractivity contribution in [2.75, 3.05) is 0 Å². The van der Waals surface area contributed by atoms with Gasteiger partial charge in [0.15, 0.2) is 5.78 Å². The Balaban J connectivity index is 2.90. The van der Waals surface area contributed by atoms with Gasteiger partial charge in [-0.2, -0.15) is 0 Å². The van der Waals surface area contributed by atoms with Crippen LogP contribution in [0.4, 0.5) is 0 Å². The summed E-state index contributed by atoms with van der Waals surface area (Å²) in [7, 11) is 0. The quantitative estimate of drug-likeness (QED) is 0.411. The van der Waals surface area contributed by atoms with Gasteiger partial charge in [0.1, 0.15) is 0 Å². The van der Waals surface area contributed by atoms with E-state index in [1.807, 2.05) is 24.3 Å². The SMILES string of the molecule is CCCCc1ccccc1[O+]=C(C)[C-]=O. The Bertz CT molecular complexity index is 353. The zero-order chi connectivity index (χ0) is 11.1. The molecule has 2 nitrogen and oxygen atoms in total. The van der Waals surface area contributed by atoms with Crippen LogP contribution in [0.3, 0.4) is 0 Å². The first kappa shape index (κ1) is 11.6. The summed E-state index contributed by atoms with van der Waals surface area (Å²) in [6.45, 7) is 3.77. The molecule has 0 fully saturated rings. The van der Waals surface area contributed by atoms with Gasteiger partial charge < -0.3 is 4.79 Å². The third-order valence-electron chi connectivity index (χ3n) is 2.18. The highest BCUT2D eigenvalue weighted by atomic mass is 16.4. The van der Waals surface area contributed by atoms with Crippen LogP contribution in [-0.4, -0.2) is 12.1 Å². The Morgan fingerprint density at radius 1 is 1.40 bits per heavy atom. The lowest BCUT2D eigenvalue weighted by Crippen LogP contribution is -1.95. The Morgan fingerprint density at radius 3 is 2.80 bits per heavy atom. The maximum absolute atomic E-state index is 10.3. The second-order valence-electron chi connectivity index (χ2n) is 3.47. The number of rotatable bonds is 5. The molecule has 2 heteroatoms. The molecule has 0 aliphatic heterocycles. The minimum atomic E-state index is 0.277. The van der Waals surface area contributed by atoms with E-state index in [2.05, 4.69) is 6.92 Å². The van der Waals surface area contributed by atoms with Crippen LogP contribution in [0.15, 0.2) is 24.3 Å². The molecule has 0 aliphatic rings. The van der Waals surface area contributed by atoms with Crippen LogP contribution < -0.4 is 0 Å². The molecule has 1 rings (SSSR count). The maximum Gasteiger partial charge on any atom is 0.351 e. The molecular weight excluding hydrogens is 188 g/mol. The molecule has 0 radical (unpaired) electrons. The Kier molecular flexibility index (Phi) is 4.75. The highest BCUT2D eigenvalue weighted by Crippen LogP contribution is 2.20. The van der Waals surface area contributed by atoms with Crippen molar-refractivity contribution in [1.29, 1.82) is 0 Å². The molecule has 80 valence electrons. The molecule has 1 aromatic carbocycles. The summed E-state index contributed by atoms with van der Waals surface area (Å²) in [4.78, 5) is 10.3. The van der Waals surface area contributed by atoms with Crippen LogP contribution in [0.2, 0.25) is 0 Å². The van der Waals surface area contributed by atoms with E-state index in [9.17, 15) is 4.79 Å². The van der Waals surface area contributed by atoms with Gasteiger partial charge in [0.2, 0.25) is 0 Å². The smallest absolute Gasteiger partial charge is 0.351 e. The van der Waals surface area contributed by atoms with Gasteiger partial charge in [-0.25, -0.2) is 4.42 Å². The highest BCUT2D eigenvalue weighted by Gasteiger charge is 2.09. The third kappa shape index (κ3) is 3.66. The van der Waals surface area contributed by atoms with Crippen LogP contribution in [0.5, 0.6) is 5.75 Å². The normalized spacial score (nSPS) is 11.5. The molecule has 0 heterocycles. The largest absolute Gasteiger partial charge is 0.529 e. The van der Waals surface area contributed by atoms with Gasteiger partial charge >= 0.3 is 5.75 Å². The molecule has 0 N–H and O–H groups in total. The molecule has 0 aliphatic carbocycles. The van der Waals surface area contributed by atoms with Gasteiger partial charge in [-0.05, 0) is 18.9 Å². The van der Waals surface area contributed by atoms with Gasteiger partial charge in [0.05, 0.1) is 5.56 Å². The van der Waals surface area contributed by atoms with Crippen LogP contribution in [0.1, 0.15) is 32.3 Å². The van der Waals surface area contributed by atoms with Crippen molar-refractivity contribution >= 4 is 12.1 Å². The van der Waals surface area contributed by atoms with Crippen LogP contribution in [0, 0.1) is 0 Å². The second-order valence-corrected chi connectivity index (χ2v) is 3.47. The first-order valence-corrected chi connectivity index (χ1v) is 5.25. The standard InChI is InChI=1S/C13H16O2/c1-3-4-7-12-8-5-6-9-13(12)15-11(2)10-14/h5-6,8-9H,3-4,7H2,1-2H3. The fraction of sp³-hybridized carbons (Fsp3) is 0.385. The summed E-state index contributed by atoms with van der Waals surface area (Å²) < 4.78 is 5.38. The molecule has 0 spiro atoms. The molecule has 15 heavy (non-hydrogen) atoms. The average molecular weight is 204 g/mol. The Hall–Kier alpha value is -1.44. The second kappa shape index (κ2) is 6.12. The van der Waals surface area contributed by atoms with Crippen LogP contribution in [-0.2, 0) is 15.6 Å². The Labute approximate surface area is 90.6 Å². The lowest BCUT2D eigenvalue weighted by molar-refractivity contribution is -0.365. The molecule has 1 aromatic rings. The van der Waals surface area contributed by atoms with Crippen LogP contribution >= 0.6 is 0 Å². The van der Waals surface area contributed by atoms with E-state index in [0.29, 0.717) is 0 Å². The summed E-state index contributed by atoms with van der Waals surface area (Å²) in [5.41, 5.74) is 1.15. The summed E-state index contributed by atoms with van der Waals surface area (Å²) in [5.74, 6) is 1.05. The van der Waals surface area contributed by atoms with E-state index < -0.39 is 0 Å². The monoisotopic (exact) mass is 204 g/mol. The van der Waals surface area contributed by atoms with Gasteiger partial charge in [-0.1, -0.05) is 25.5 Å². The molecule has 0 saturated carbocycles. The number of benzene rings is 1. The van der Waals surface area contributed by atoms with Gasteiger partial charge in [0.25, 0.3) is 0 Å². The number of hydrogen-bond donors (Lipinski definition) is 0. The minimum Gasteiger partial charge on any atom is -0.529 e.